The minimum Gasteiger partial charge on any atom is -0.481 e. The summed E-state index contributed by atoms with van der Waals surface area (Å²) in [5.74, 6) is 0.0752. The highest BCUT2D eigenvalue weighted by molar-refractivity contribution is 5.62. The van der Waals surface area contributed by atoms with Gasteiger partial charge in [-0.2, -0.15) is 0 Å². The normalized spacial score (nSPS) is 29.4. The summed E-state index contributed by atoms with van der Waals surface area (Å²) in [5, 5.41) is 11.0. The first-order valence-electron chi connectivity index (χ1n) is 5.61. The van der Waals surface area contributed by atoms with Gasteiger partial charge in [0, 0.05) is 13.0 Å². The summed E-state index contributed by atoms with van der Waals surface area (Å²) in [6.45, 7) is 3.31. The molecule has 0 saturated carbocycles. The Labute approximate surface area is 90.8 Å². The summed E-state index contributed by atoms with van der Waals surface area (Å²) in [4.78, 5) is 13.4. The second-order valence-corrected chi connectivity index (χ2v) is 4.11. The zero-order valence-corrected chi connectivity index (χ0v) is 9.28. The third-order valence-corrected chi connectivity index (χ3v) is 2.83. The average Bonchev–Trinajstić information content (AvgIpc) is 2.41. The number of hydrogen-bond donors (Lipinski definition) is 2. The van der Waals surface area contributed by atoms with Crippen molar-refractivity contribution >= 4 is 12.2 Å². The molecule has 2 N–H and O–H groups in total. The quantitative estimate of drug-likeness (QED) is 0.636. The number of carboxylic acids is 1. The van der Waals surface area contributed by atoms with Gasteiger partial charge in [0.15, 0.2) is 0 Å². The monoisotopic (exact) mass is 212 g/mol. The maximum atomic E-state index is 9.00. The van der Waals surface area contributed by atoms with Gasteiger partial charge in [0.1, 0.15) is 0 Å². The molecule has 2 rings (SSSR count). The second-order valence-electron chi connectivity index (χ2n) is 4.11. The molecule has 2 unspecified atom stereocenters. The number of rotatable bonds is 0. The Morgan fingerprint density at radius 2 is 2.27 bits per heavy atom. The standard InChI is InChI=1S/C9H16N2.C2H4O2/c1-3-8-4-2-6-11-9(8)7-10-5-1;1-2(3)4/h5,8-9,11H,1-4,6-7H2;1H3,(H,3,4). The molecule has 2 aliphatic heterocycles. The van der Waals surface area contributed by atoms with Gasteiger partial charge in [0.2, 0.25) is 0 Å². The summed E-state index contributed by atoms with van der Waals surface area (Å²) < 4.78 is 0. The first kappa shape index (κ1) is 12.2. The molecule has 1 fully saturated rings. The van der Waals surface area contributed by atoms with Crippen molar-refractivity contribution in [3.05, 3.63) is 0 Å². The van der Waals surface area contributed by atoms with Gasteiger partial charge in [-0.1, -0.05) is 0 Å². The predicted molar refractivity (Wildman–Crippen MR) is 60.4 cm³/mol. The number of carbonyl (C=O) groups is 1. The molecule has 2 heterocycles. The van der Waals surface area contributed by atoms with E-state index < -0.39 is 5.97 Å². The van der Waals surface area contributed by atoms with Crippen LogP contribution in [-0.4, -0.2) is 36.4 Å². The zero-order chi connectivity index (χ0) is 11.1. The van der Waals surface area contributed by atoms with E-state index >= 15 is 0 Å². The molecule has 0 aromatic carbocycles. The Kier molecular flexibility index (Phi) is 5.32. The highest BCUT2D eigenvalue weighted by atomic mass is 16.4. The summed E-state index contributed by atoms with van der Waals surface area (Å²) in [5.41, 5.74) is 0. The fourth-order valence-corrected chi connectivity index (χ4v) is 2.15. The van der Waals surface area contributed by atoms with Crippen LogP contribution in [-0.2, 0) is 4.79 Å². The Morgan fingerprint density at radius 3 is 3.00 bits per heavy atom. The Hall–Kier alpha value is -0.900. The molecule has 2 aliphatic rings. The Morgan fingerprint density at radius 1 is 1.53 bits per heavy atom. The maximum Gasteiger partial charge on any atom is 0.300 e. The van der Waals surface area contributed by atoms with Crippen LogP contribution >= 0.6 is 0 Å². The molecule has 0 amide bonds. The molecule has 1 saturated heterocycles. The lowest BCUT2D eigenvalue weighted by atomic mass is 9.88. The van der Waals surface area contributed by atoms with Crippen molar-refractivity contribution in [2.24, 2.45) is 10.9 Å². The number of piperidine rings is 1. The van der Waals surface area contributed by atoms with Gasteiger partial charge in [0.05, 0.1) is 6.54 Å². The molecule has 0 aromatic heterocycles. The number of nitrogens with zero attached hydrogens (tertiary/aromatic N) is 1. The van der Waals surface area contributed by atoms with Crippen LogP contribution in [0.3, 0.4) is 0 Å². The summed E-state index contributed by atoms with van der Waals surface area (Å²) in [6, 6.07) is 0.697. The lowest BCUT2D eigenvalue weighted by Gasteiger charge is -2.30. The number of aliphatic imine (C=N–C) groups is 1. The van der Waals surface area contributed by atoms with Gasteiger partial charge in [-0.05, 0) is 44.4 Å². The van der Waals surface area contributed by atoms with Crippen molar-refractivity contribution in [1.82, 2.24) is 5.32 Å². The van der Waals surface area contributed by atoms with Gasteiger partial charge in [-0.25, -0.2) is 0 Å². The van der Waals surface area contributed by atoms with Crippen molar-refractivity contribution in [1.29, 1.82) is 0 Å². The fourth-order valence-electron chi connectivity index (χ4n) is 2.15. The molecule has 0 radical (unpaired) electrons. The van der Waals surface area contributed by atoms with Crippen LogP contribution in [0.15, 0.2) is 4.99 Å². The van der Waals surface area contributed by atoms with Crippen molar-refractivity contribution in [3.8, 4) is 0 Å². The summed E-state index contributed by atoms with van der Waals surface area (Å²) in [7, 11) is 0. The van der Waals surface area contributed by atoms with Crippen LogP contribution in [0.1, 0.15) is 32.6 Å². The van der Waals surface area contributed by atoms with Crippen molar-refractivity contribution in [3.63, 3.8) is 0 Å². The molecular formula is C11H20N2O2. The van der Waals surface area contributed by atoms with E-state index in [0.717, 1.165) is 19.4 Å². The molecule has 0 aliphatic carbocycles. The predicted octanol–water partition coefficient (Wildman–Crippen LogP) is 1.31. The largest absolute Gasteiger partial charge is 0.481 e. The first-order valence-corrected chi connectivity index (χ1v) is 5.61. The first-order chi connectivity index (χ1) is 7.20. The maximum absolute atomic E-state index is 9.00. The fraction of sp³-hybridized carbons (Fsp3) is 0.818. The van der Waals surface area contributed by atoms with E-state index in [2.05, 4.69) is 16.5 Å². The molecule has 2 atom stereocenters. The van der Waals surface area contributed by atoms with Gasteiger partial charge in [-0.15, -0.1) is 0 Å². The lowest BCUT2D eigenvalue weighted by Crippen LogP contribution is -2.42. The van der Waals surface area contributed by atoms with Crippen molar-refractivity contribution in [2.75, 3.05) is 13.1 Å². The van der Waals surface area contributed by atoms with E-state index in [1.807, 2.05) is 0 Å². The molecule has 86 valence electrons. The zero-order valence-electron chi connectivity index (χ0n) is 9.28. The van der Waals surface area contributed by atoms with Gasteiger partial charge < -0.3 is 10.4 Å². The van der Waals surface area contributed by atoms with E-state index in [4.69, 9.17) is 9.90 Å². The number of hydrogen-bond acceptors (Lipinski definition) is 3. The molecule has 0 bridgehead atoms. The number of aliphatic carboxylic acids is 1. The van der Waals surface area contributed by atoms with Gasteiger partial charge in [-0.3, -0.25) is 9.79 Å². The summed E-state index contributed by atoms with van der Waals surface area (Å²) in [6.07, 6.45) is 7.42. The number of carboxylic acid groups (broad SMARTS) is 1. The van der Waals surface area contributed by atoms with Crippen LogP contribution in [0.5, 0.6) is 0 Å². The summed E-state index contributed by atoms with van der Waals surface area (Å²) >= 11 is 0. The highest BCUT2D eigenvalue weighted by Gasteiger charge is 2.24. The number of nitrogens with one attached hydrogen (secondary N) is 1. The third kappa shape index (κ3) is 4.93. The van der Waals surface area contributed by atoms with E-state index in [0.29, 0.717) is 6.04 Å². The van der Waals surface area contributed by atoms with E-state index in [-0.39, 0.29) is 0 Å². The van der Waals surface area contributed by atoms with Crippen LogP contribution in [0.4, 0.5) is 0 Å². The topological polar surface area (TPSA) is 61.7 Å². The molecule has 4 nitrogen and oxygen atoms in total. The molecular weight excluding hydrogens is 192 g/mol. The minimum atomic E-state index is -0.833. The Balaban J connectivity index is 0.000000245. The second kappa shape index (κ2) is 6.56. The van der Waals surface area contributed by atoms with Crippen molar-refractivity contribution < 1.29 is 9.90 Å². The van der Waals surface area contributed by atoms with Gasteiger partial charge in [0.25, 0.3) is 5.97 Å². The van der Waals surface area contributed by atoms with Crippen molar-refractivity contribution in [2.45, 2.75) is 38.6 Å². The van der Waals surface area contributed by atoms with Gasteiger partial charge >= 0.3 is 0 Å². The highest BCUT2D eigenvalue weighted by Crippen LogP contribution is 2.22. The van der Waals surface area contributed by atoms with Crippen LogP contribution in [0, 0.1) is 5.92 Å². The van der Waals surface area contributed by atoms with Crippen LogP contribution in [0.2, 0.25) is 0 Å². The molecule has 0 aromatic rings. The third-order valence-electron chi connectivity index (χ3n) is 2.83. The van der Waals surface area contributed by atoms with E-state index in [9.17, 15) is 0 Å². The molecule has 4 heteroatoms. The smallest absolute Gasteiger partial charge is 0.300 e. The van der Waals surface area contributed by atoms with Crippen LogP contribution < -0.4 is 5.32 Å². The lowest BCUT2D eigenvalue weighted by molar-refractivity contribution is -0.134. The van der Waals surface area contributed by atoms with E-state index in [1.165, 1.54) is 32.2 Å². The molecule has 0 spiro atoms. The average molecular weight is 212 g/mol. The van der Waals surface area contributed by atoms with Crippen LogP contribution in [0.25, 0.3) is 0 Å². The number of fused-ring (bicyclic) bond motifs is 1. The van der Waals surface area contributed by atoms with E-state index in [1.54, 1.807) is 0 Å². The Bertz CT molecular complexity index is 225. The minimum absolute atomic E-state index is 0.697. The molecule has 15 heavy (non-hydrogen) atoms. The SMILES string of the molecule is C1=NCC2NCCCC2CC1.CC(=O)O.